The minimum Gasteiger partial charge on any atom is -0.338 e. The molecule has 0 aliphatic carbocycles. The standard InChI is InChI=1S/C13H29NO2/c1-6-11-14(12-7-2)13(8-3,15-9-4)16-10-5/h6-12H2,1-5H3. The molecule has 98 valence electrons. The summed E-state index contributed by atoms with van der Waals surface area (Å²) in [4.78, 5) is 2.33. The van der Waals surface area contributed by atoms with Crippen molar-refractivity contribution in [3.8, 4) is 0 Å². The maximum absolute atomic E-state index is 5.89. The van der Waals surface area contributed by atoms with E-state index in [1.165, 1.54) is 0 Å². The summed E-state index contributed by atoms with van der Waals surface area (Å²) < 4.78 is 11.8. The minimum absolute atomic E-state index is 0.504. The lowest BCUT2D eigenvalue weighted by Crippen LogP contribution is -2.53. The van der Waals surface area contributed by atoms with E-state index in [1.807, 2.05) is 13.8 Å². The SMILES string of the molecule is CCCN(CCC)C(CC)(OCC)OCC. The number of ether oxygens (including phenoxy) is 2. The Morgan fingerprint density at radius 1 is 0.812 bits per heavy atom. The van der Waals surface area contributed by atoms with Crippen molar-refractivity contribution in [2.45, 2.75) is 59.8 Å². The molecule has 16 heavy (non-hydrogen) atoms. The molecule has 0 aliphatic rings. The summed E-state index contributed by atoms with van der Waals surface area (Å²) in [5.41, 5.74) is 0. The summed E-state index contributed by atoms with van der Waals surface area (Å²) in [7, 11) is 0. The Balaban J connectivity index is 4.73. The molecule has 0 fully saturated rings. The van der Waals surface area contributed by atoms with Crippen LogP contribution in [0.1, 0.15) is 53.9 Å². The van der Waals surface area contributed by atoms with Crippen molar-refractivity contribution in [1.82, 2.24) is 4.90 Å². The average molecular weight is 231 g/mol. The Hall–Kier alpha value is -0.120. The highest BCUT2D eigenvalue weighted by atomic mass is 16.7. The largest absolute Gasteiger partial charge is 0.338 e. The van der Waals surface area contributed by atoms with Gasteiger partial charge in [-0.1, -0.05) is 20.8 Å². The van der Waals surface area contributed by atoms with Crippen LogP contribution in [0.4, 0.5) is 0 Å². The number of nitrogens with zero attached hydrogens (tertiary/aromatic N) is 1. The first kappa shape index (κ1) is 15.9. The van der Waals surface area contributed by atoms with E-state index >= 15 is 0 Å². The van der Waals surface area contributed by atoms with E-state index in [0.29, 0.717) is 13.2 Å². The zero-order valence-electron chi connectivity index (χ0n) is 11.7. The number of hydrogen-bond acceptors (Lipinski definition) is 3. The molecule has 0 spiro atoms. The topological polar surface area (TPSA) is 21.7 Å². The lowest BCUT2D eigenvalue weighted by Gasteiger charge is -2.42. The highest BCUT2D eigenvalue weighted by Gasteiger charge is 2.35. The van der Waals surface area contributed by atoms with Gasteiger partial charge in [-0.25, -0.2) is 0 Å². The molecule has 0 radical (unpaired) electrons. The maximum atomic E-state index is 5.89. The van der Waals surface area contributed by atoms with Gasteiger partial charge in [0.2, 0.25) is 5.91 Å². The zero-order valence-corrected chi connectivity index (χ0v) is 11.7. The molecule has 0 saturated carbocycles. The number of hydrogen-bond donors (Lipinski definition) is 0. The lowest BCUT2D eigenvalue weighted by atomic mass is 10.2. The fourth-order valence-electron chi connectivity index (χ4n) is 2.10. The molecule has 0 heterocycles. The first-order valence-corrected chi connectivity index (χ1v) is 6.73. The average Bonchev–Trinajstić information content (AvgIpc) is 2.28. The monoisotopic (exact) mass is 231 g/mol. The van der Waals surface area contributed by atoms with Crippen molar-refractivity contribution in [1.29, 1.82) is 0 Å². The Kier molecular flexibility index (Phi) is 8.90. The van der Waals surface area contributed by atoms with Gasteiger partial charge in [0.25, 0.3) is 0 Å². The Bertz CT molecular complexity index is 150. The zero-order chi connectivity index (χ0) is 12.4. The van der Waals surface area contributed by atoms with Gasteiger partial charge in [0.15, 0.2) is 0 Å². The van der Waals surface area contributed by atoms with Gasteiger partial charge in [0.05, 0.1) is 0 Å². The molecular formula is C13H29NO2. The van der Waals surface area contributed by atoms with Crippen LogP contribution in [0.15, 0.2) is 0 Å². The third-order valence-corrected chi connectivity index (χ3v) is 2.66. The second kappa shape index (κ2) is 8.97. The molecule has 0 rings (SSSR count). The molecule has 0 aliphatic heterocycles. The van der Waals surface area contributed by atoms with Crippen molar-refractivity contribution >= 4 is 0 Å². The van der Waals surface area contributed by atoms with Crippen LogP contribution in [-0.2, 0) is 9.47 Å². The molecule has 0 atom stereocenters. The van der Waals surface area contributed by atoms with Crippen LogP contribution in [0, 0.1) is 0 Å². The molecule has 0 aromatic heterocycles. The lowest BCUT2D eigenvalue weighted by molar-refractivity contribution is -0.317. The molecule has 0 saturated heterocycles. The van der Waals surface area contributed by atoms with Crippen molar-refractivity contribution in [2.24, 2.45) is 0 Å². The normalized spacial score (nSPS) is 12.4. The van der Waals surface area contributed by atoms with Crippen LogP contribution >= 0.6 is 0 Å². The summed E-state index contributed by atoms with van der Waals surface area (Å²) in [5.74, 6) is -0.504. The van der Waals surface area contributed by atoms with Crippen molar-refractivity contribution in [2.75, 3.05) is 26.3 Å². The highest BCUT2D eigenvalue weighted by molar-refractivity contribution is 4.71. The smallest absolute Gasteiger partial charge is 0.229 e. The quantitative estimate of drug-likeness (QED) is 0.539. The summed E-state index contributed by atoms with van der Waals surface area (Å²) in [6.45, 7) is 14.0. The van der Waals surface area contributed by atoms with Gasteiger partial charge < -0.3 is 9.47 Å². The molecule has 0 aromatic rings. The summed E-state index contributed by atoms with van der Waals surface area (Å²) >= 11 is 0. The van der Waals surface area contributed by atoms with Gasteiger partial charge in [0, 0.05) is 32.7 Å². The van der Waals surface area contributed by atoms with E-state index in [-0.39, 0.29) is 0 Å². The Morgan fingerprint density at radius 2 is 1.25 bits per heavy atom. The second-order valence-electron chi connectivity index (χ2n) is 3.92. The minimum atomic E-state index is -0.504. The maximum Gasteiger partial charge on any atom is 0.229 e. The van der Waals surface area contributed by atoms with Crippen LogP contribution < -0.4 is 0 Å². The van der Waals surface area contributed by atoms with Crippen LogP contribution in [0.2, 0.25) is 0 Å². The van der Waals surface area contributed by atoms with Gasteiger partial charge in [-0.2, -0.15) is 0 Å². The molecule has 0 amide bonds. The molecular weight excluding hydrogens is 202 g/mol. The fraction of sp³-hybridized carbons (Fsp3) is 1.00. The first-order chi connectivity index (χ1) is 7.70. The molecule has 3 nitrogen and oxygen atoms in total. The number of rotatable bonds is 10. The van der Waals surface area contributed by atoms with Gasteiger partial charge in [0.1, 0.15) is 0 Å². The van der Waals surface area contributed by atoms with Crippen LogP contribution in [-0.4, -0.2) is 37.1 Å². The third kappa shape index (κ3) is 4.40. The van der Waals surface area contributed by atoms with E-state index in [2.05, 4.69) is 25.7 Å². The van der Waals surface area contributed by atoms with Gasteiger partial charge in [-0.3, -0.25) is 4.90 Å². The molecule has 0 N–H and O–H groups in total. The van der Waals surface area contributed by atoms with E-state index in [1.54, 1.807) is 0 Å². The van der Waals surface area contributed by atoms with E-state index in [9.17, 15) is 0 Å². The Morgan fingerprint density at radius 3 is 1.50 bits per heavy atom. The van der Waals surface area contributed by atoms with E-state index in [4.69, 9.17) is 9.47 Å². The predicted molar refractivity (Wildman–Crippen MR) is 68.4 cm³/mol. The fourth-order valence-corrected chi connectivity index (χ4v) is 2.10. The first-order valence-electron chi connectivity index (χ1n) is 6.73. The van der Waals surface area contributed by atoms with Crippen molar-refractivity contribution in [3.63, 3.8) is 0 Å². The highest BCUT2D eigenvalue weighted by Crippen LogP contribution is 2.24. The second-order valence-corrected chi connectivity index (χ2v) is 3.92. The Labute approximate surface area is 101 Å². The van der Waals surface area contributed by atoms with Gasteiger partial charge in [-0.15, -0.1) is 0 Å². The van der Waals surface area contributed by atoms with Crippen LogP contribution in [0.5, 0.6) is 0 Å². The molecule has 3 heteroatoms. The van der Waals surface area contributed by atoms with Crippen molar-refractivity contribution in [3.05, 3.63) is 0 Å². The predicted octanol–water partition coefficient (Wildman–Crippen LogP) is 3.25. The van der Waals surface area contributed by atoms with Crippen molar-refractivity contribution < 1.29 is 9.47 Å². The molecule has 0 bridgehead atoms. The summed E-state index contributed by atoms with van der Waals surface area (Å²) in [5, 5.41) is 0. The molecule has 0 unspecified atom stereocenters. The third-order valence-electron chi connectivity index (χ3n) is 2.66. The van der Waals surface area contributed by atoms with Crippen LogP contribution in [0.3, 0.4) is 0 Å². The van der Waals surface area contributed by atoms with Gasteiger partial charge >= 0.3 is 0 Å². The summed E-state index contributed by atoms with van der Waals surface area (Å²) in [6, 6.07) is 0. The van der Waals surface area contributed by atoms with E-state index in [0.717, 1.165) is 32.4 Å². The molecule has 0 aromatic carbocycles. The summed E-state index contributed by atoms with van der Waals surface area (Å²) in [6.07, 6.45) is 3.12. The van der Waals surface area contributed by atoms with Crippen LogP contribution in [0.25, 0.3) is 0 Å². The van der Waals surface area contributed by atoms with E-state index < -0.39 is 5.91 Å². The van der Waals surface area contributed by atoms with Gasteiger partial charge in [-0.05, 0) is 26.7 Å².